The van der Waals surface area contributed by atoms with E-state index in [9.17, 15) is 9.59 Å². The van der Waals surface area contributed by atoms with Crippen LogP contribution >= 0.6 is 24.8 Å². The number of amides is 2. The fraction of sp³-hybridized carbons (Fsp3) is 0.600. The van der Waals surface area contributed by atoms with Crippen LogP contribution in [0.5, 0.6) is 0 Å². The lowest BCUT2D eigenvalue weighted by molar-refractivity contribution is -0.133. The molecule has 0 spiro atoms. The van der Waals surface area contributed by atoms with Gasteiger partial charge in [-0.15, -0.1) is 24.8 Å². The van der Waals surface area contributed by atoms with E-state index in [-0.39, 0.29) is 49.2 Å². The van der Waals surface area contributed by atoms with Gasteiger partial charge in [0.1, 0.15) is 5.82 Å². The Morgan fingerprint density at radius 1 is 1.20 bits per heavy atom. The highest BCUT2D eigenvalue weighted by Crippen LogP contribution is 2.11. The molecule has 0 radical (unpaired) electrons. The quantitative estimate of drug-likeness (QED) is 0.741. The molecular formula is C15H24Cl2N6O2. The topological polar surface area (TPSA) is 90.5 Å². The van der Waals surface area contributed by atoms with Crippen LogP contribution in [0.1, 0.15) is 12.8 Å². The maximum atomic E-state index is 12.2. The minimum Gasteiger partial charge on any atom is -0.352 e. The smallest absolute Gasteiger partial charge is 0.242 e. The molecule has 3 rings (SSSR count). The van der Waals surface area contributed by atoms with Crippen molar-refractivity contribution in [2.45, 2.75) is 18.9 Å². The van der Waals surface area contributed by atoms with Crippen LogP contribution in [0.4, 0.5) is 5.82 Å². The minimum absolute atomic E-state index is 0. The summed E-state index contributed by atoms with van der Waals surface area (Å²) in [5, 5.41) is 5.86. The zero-order valence-corrected chi connectivity index (χ0v) is 15.5. The highest BCUT2D eigenvalue weighted by Gasteiger charge is 2.25. The van der Waals surface area contributed by atoms with E-state index >= 15 is 0 Å². The summed E-state index contributed by atoms with van der Waals surface area (Å²) in [5.74, 6) is 0.726. The zero-order valence-electron chi connectivity index (χ0n) is 13.9. The predicted molar refractivity (Wildman–Crippen MR) is 99.4 cm³/mol. The molecule has 25 heavy (non-hydrogen) atoms. The largest absolute Gasteiger partial charge is 0.352 e. The Morgan fingerprint density at radius 2 is 1.96 bits per heavy atom. The summed E-state index contributed by atoms with van der Waals surface area (Å²) in [5.41, 5.74) is 0. The standard InChI is InChI=1S/C15H22N6O2.2ClH/c22-14(11-19-15(23)12-2-1-3-17-12)21-8-6-20(7-9-21)13-10-16-4-5-18-13;;/h4-5,10,12,17H,1-3,6-9,11H2,(H,19,23);2*1H. The Kier molecular flexibility index (Phi) is 8.88. The number of anilines is 1. The SMILES string of the molecule is Cl.Cl.O=C(NCC(=O)N1CCN(c2cnccn2)CC1)C1CCCN1. The van der Waals surface area contributed by atoms with E-state index in [1.807, 2.05) is 0 Å². The lowest BCUT2D eigenvalue weighted by Gasteiger charge is -2.35. The van der Waals surface area contributed by atoms with Gasteiger partial charge in [0.25, 0.3) is 0 Å². The highest BCUT2D eigenvalue weighted by atomic mass is 35.5. The molecule has 0 aliphatic carbocycles. The van der Waals surface area contributed by atoms with Crippen LogP contribution in [0.3, 0.4) is 0 Å². The number of nitrogens with zero attached hydrogens (tertiary/aromatic N) is 4. The van der Waals surface area contributed by atoms with E-state index in [2.05, 4.69) is 25.5 Å². The summed E-state index contributed by atoms with van der Waals surface area (Å²) in [4.78, 5) is 36.3. The zero-order chi connectivity index (χ0) is 16.1. The van der Waals surface area contributed by atoms with Crippen molar-refractivity contribution < 1.29 is 9.59 Å². The molecule has 0 aromatic carbocycles. The van der Waals surface area contributed by atoms with Crippen molar-refractivity contribution in [2.75, 3.05) is 44.2 Å². The van der Waals surface area contributed by atoms with Crippen molar-refractivity contribution in [3.05, 3.63) is 18.6 Å². The third kappa shape index (κ3) is 5.69. The van der Waals surface area contributed by atoms with Gasteiger partial charge < -0.3 is 20.4 Å². The van der Waals surface area contributed by atoms with Gasteiger partial charge in [-0.05, 0) is 19.4 Å². The van der Waals surface area contributed by atoms with E-state index in [0.29, 0.717) is 13.1 Å². The second-order valence-electron chi connectivity index (χ2n) is 5.80. The second kappa shape index (κ2) is 10.4. The number of halogens is 2. The molecule has 10 heteroatoms. The van der Waals surface area contributed by atoms with Crippen LogP contribution in [-0.4, -0.2) is 72.0 Å². The maximum Gasteiger partial charge on any atom is 0.242 e. The molecule has 2 aliphatic rings. The molecular weight excluding hydrogens is 367 g/mol. The maximum absolute atomic E-state index is 12.2. The van der Waals surface area contributed by atoms with Crippen LogP contribution in [0.15, 0.2) is 18.6 Å². The van der Waals surface area contributed by atoms with Gasteiger partial charge in [0.15, 0.2) is 0 Å². The average Bonchev–Trinajstić information content (AvgIpc) is 3.15. The Morgan fingerprint density at radius 3 is 2.56 bits per heavy atom. The van der Waals surface area contributed by atoms with Crippen LogP contribution in [-0.2, 0) is 9.59 Å². The van der Waals surface area contributed by atoms with Crippen LogP contribution < -0.4 is 15.5 Å². The fourth-order valence-corrected chi connectivity index (χ4v) is 2.95. The molecule has 1 aromatic heterocycles. The van der Waals surface area contributed by atoms with Gasteiger partial charge in [0, 0.05) is 38.6 Å². The number of hydrogen-bond acceptors (Lipinski definition) is 6. The molecule has 3 heterocycles. The van der Waals surface area contributed by atoms with Crippen molar-refractivity contribution >= 4 is 42.4 Å². The molecule has 0 bridgehead atoms. The molecule has 1 unspecified atom stereocenters. The van der Waals surface area contributed by atoms with Gasteiger partial charge in [-0.25, -0.2) is 4.98 Å². The van der Waals surface area contributed by atoms with Crippen molar-refractivity contribution in [1.29, 1.82) is 0 Å². The molecule has 140 valence electrons. The molecule has 2 N–H and O–H groups in total. The van der Waals surface area contributed by atoms with E-state index in [1.54, 1.807) is 23.5 Å². The lowest BCUT2D eigenvalue weighted by Crippen LogP contribution is -2.52. The Bertz CT molecular complexity index is 548. The van der Waals surface area contributed by atoms with Gasteiger partial charge in [0.2, 0.25) is 11.8 Å². The van der Waals surface area contributed by atoms with Crippen LogP contribution in [0, 0.1) is 0 Å². The molecule has 1 atom stereocenters. The number of hydrogen-bond donors (Lipinski definition) is 2. The van der Waals surface area contributed by atoms with Crippen molar-refractivity contribution in [3.63, 3.8) is 0 Å². The highest BCUT2D eigenvalue weighted by molar-refractivity contribution is 5.87. The van der Waals surface area contributed by atoms with Crippen LogP contribution in [0.2, 0.25) is 0 Å². The predicted octanol–water partition coefficient (Wildman–Crippen LogP) is -0.163. The third-order valence-corrected chi connectivity index (χ3v) is 4.30. The van der Waals surface area contributed by atoms with Gasteiger partial charge >= 0.3 is 0 Å². The minimum atomic E-state index is -0.142. The lowest BCUT2D eigenvalue weighted by atomic mass is 10.2. The average molecular weight is 391 g/mol. The number of carbonyl (C=O) groups is 2. The number of aromatic nitrogens is 2. The Labute approximate surface area is 159 Å². The molecule has 8 nitrogen and oxygen atoms in total. The van der Waals surface area contributed by atoms with E-state index in [1.165, 1.54) is 0 Å². The molecule has 2 amide bonds. The van der Waals surface area contributed by atoms with Gasteiger partial charge in [-0.1, -0.05) is 0 Å². The molecule has 1 aromatic rings. The molecule has 0 saturated carbocycles. The summed E-state index contributed by atoms with van der Waals surface area (Å²) in [7, 11) is 0. The number of carbonyl (C=O) groups excluding carboxylic acids is 2. The molecule has 2 saturated heterocycles. The first-order chi connectivity index (χ1) is 11.2. The summed E-state index contributed by atoms with van der Waals surface area (Å²) in [6.45, 7) is 3.66. The summed E-state index contributed by atoms with van der Waals surface area (Å²) >= 11 is 0. The number of rotatable bonds is 4. The number of nitrogens with one attached hydrogen (secondary N) is 2. The molecule has 2 aliphatic heterocycles. The van der Waals surface area contributed by atoms with Crippen LogP contribution in [0.25, 0.3) is 0 Å². The van der Waals surface area contributed by atoms with Gasteiger partial charge in [-0.2, -0.15) is 0 Å². The first-order valence-electron chi connectivity index (χ1n) is 8.04. The van der Waals surface area contributed by atoms with Crippen molar-refractivity contribution in [1.82, 2.24) is 25.5 Å². The van der Waals surface area contributed by atoms with E-state index in [0.717, 1.165) is 38.3 Å². The fourth-order valence-electron chi connectivity index (χ4n) is 2.95. The van der Waals surface area contributed by atoms with E-state index < -0.39 is 0 Å². The normalized spacial score (nSPS) is 19.6. The van der Waals surface area contributed by atoms with Gasteiger partial charge in [0.05, 0.1) is 18.8 Å². The Balaban J connectivity index is 0.00000156. The second-order valence-corrected chi connectivity index (χ2v) is 5.80. The summed E-state index contributed by atoms with van der Waals surface area (Å²) < 4.78 is 0. The monoisotopic (exact) mass is 390 g/mol. The first kappa shape index (κ1) is 21.4. The summed E-state index contributed by atoms with van der Waals surface area (Å²) in [6.07, 6.45) is 6.89. The van der Waals surface area contributed by atoms with Crippen molar-refractivity contribution in [3.8, 4) is 0 Å². The Hall–Kier alpha value is -1.64. The molecule has 2 fully saturated rings. The summed E-state index contributed by atoms with van der Waals surface area (Å²) in [6, 6.07) is -0.142. The van der Waals surface area contributed by atoms with E-state index in [4.69, 9.17) is 0 Å². The van der Waals surface area contributed by atoms with Crippen molar-refractivity contribution in [2.24, 2.45) is 0 Å². The number of piperazine rings is 1. The first-order valence-corrected chi connectivity index (χ1v) is 8.04. The third-order valence-electron chi connectivity index (χ3n) is 4.30. The van der Waals surface area contributed by atoms with Gasteiger partial charge in [-0.3, -0.25) is 14.6 Å².